The molecule has 0 aromatic heterocycles. The summed E-state index contributed by atoms with van der Waals surface area (Å²) in [4.78, 5) is 1.09. The minimum Gasteiger partial charge on any atom is -0.320 e. The fourth-order valence-electron chi connectivity index (χ4n) is 1.82. The molecular formula is C14H14FNS. The minimum atomic E-state index is -0.417. The first-order valence-corrected chi connectivity index (χ1v) is 6.59. The summed E-state index contributed by atoms with van der Waals surface area (Å²) in [5.74, 6) is -0.254. The highest BCUT2D eigenvalue weighted by Gasteiger charge is 2.15. The SMILES string of the molecule is CSc1ccccc1C(N)c1ccccc1F. The summed E-state index contributed by atoms with van der Waals surface area (Å²) < 4.78 is 13.7. The van der Waals surface area contributed by atoms with E-state index >= 15 is 0 Å². The van der Waals surface area contributed by atoms with Crippen molar-refractivity contribution in [3.05, 3.63) is 65.5 Å². The van der Waals surface area contributed by atoms with Crippen LogP contribution in [-0.2, 0) is 0 Å². The van der Waals surface area contributed by atoms with Crippen LogP contribution in [0.3, 0.4) is 0 Å². The first-order chi connectivity index (χ1) is 8.24. The van der Waals surface area contributed by atoms with Crippen molar-refractivity contribution in [2.75, 3.05) is 6.26 Å². The lowest BCUT2D eigenvalue weighted by Crippen LogP contribution is -2.14. The molecule has 0 radical (unpaired) electrons. The summed E-state index contributed by atoms with van der Waals surface area (Å²) in [6.07, 6.45) is 1.99. The van der Waals surface area contributed by atoms with Crippen molar-refractivity contribution in [1.82, 2.24) is 0 Å². The number of benzene rings is 2. The molecule has 2 aromatic carbocycles. The van der Waals surface area contributed by atoms with Crippen molar-refractivity contribution in [3.63, 3.8) is 0 Å². The lowest BCUT2D eigenvalue weighted by atomic mass is 9.99. The Kier molecular flexibility index (Phi) is 3.82. The fourth-order valence-corrected chi connectivity index (χ4v) is 2.46. The van der Waals surface area contributed by atoms with Gasteiger partial charge in [0.05, 0.1) is 6.04 Å². The topological polar surface area (TPSA) is 26.0 Å². The predicted molar refractivity (Wildman–Crippen MR) is 70.7 cm³/mol. The second kappa shape index (κ2) is 5.34. The first kappa shape index (κ1) is 12.1. The van der Waals surface area contributed by atoms with E-state index in [2.05, 4.69) is 0 Å². The molecule has 0 saturated heterocycles. The molecule has 0 bridgehead atoms. The van der Waals surface area contributed by atoms with E-state index < -0.39 is 6.04 Å². The van der Waals surface area contributed by atoms with Crippen LogP contribution in [0.1, 0.15) is 17.2 Å². The minimum absolute atomic E-state index is 0.254. The summed E-state index contributed by atoms with van der Waals surface area (Å²) in [5.41, 5.74) is 7.64. The number of rotatable bonds is 3. The molecule has 2 aromatic rings. The van der Waals surface area contributed by atoms with E-state index in [-0.39, 0.29) is 5.82 Å². The maximum Gasteiger partial charge on any atom is 0.128 e. The van der Waals surface area contributed by atoms with Gasteiger partial charge in [-0.3, -0.25) is 0 Å². The molecule has 0 heterocycles. The number of hydrogen-bond donors (Lipinski definition) is 1. The highest BCUT2D eigenvalue weighted by atomic mass is 32.2. The predicted octanol–water partition coefficient (Wildman–Crippen LogP) is 3.60. The van der Waals surface area contributed by atoms with Crippen LogP contribution in [0, 0.1) is 5.82 Å². The number of hydrogen-bond acceptors (Lipinski definition) is 2. The Labute approximate surface area is 105 Å². The summed E-state index contributed by atoms with van der Waals surface area (Å²) in [6.45, 7) is 0. The number of nitrogens with two attached hydrogens (primary N) is 1. The van der Waals surface area contributed by atoms with Crippen LogP contribution in [0.25, 0.3) is 0 Å². The highest BCUT2D eigenvalue weighted by molar-refractivity contribution is 7.98. The summed E-state index contributed by atoms with van der Waals surface area (Å²) in [5, 5.41) is 0. The van der Waals surface area contributed by atoms with Crippen molar-refractivity contribution in [2.45, 2.75) is 10.9 Å². The summed E-state index contributed by atoms with van der Waals surface area (Å²) >= 11 is 1.62. The maximum absolute atomic E-state index is 13.7. The molecule has 0 aliphatic rings. The lowest BCUT2D eigenvalue weighted by Gasteiger charge is -2.16. The quantitative estimate of drug-likeness (QED) is 0.839. The molecule has 3 heteroatoms. The molecule has 1 unspecified atom stereocenters. The Balaban J connectivity index is 2.44. The van der Waals surface area contributed by atoms with E-state index in [0.717, 1.165) is 10.5 Å². The molecule has 88 valence electrons. The zero-order chi connectivity index (χ0) is 12.3. The second-order valence-electron chi connectivity index (χ2n) is 3.74. The number of halogens is 1. The van der Waals surface area contributed by atoms with Gasteiger partial charge in [-0.05, 0) is 24.0 Å². The van der Waals surface area contributed by atoms with E-state index in [1.165, 1.54) is 6.07 Å². The second-order valence-corrected chi connectivity index (χ2v) is 4.59. The van der Waals surface area contributed by atoms with Gasteiger partial charge in [-0.25, -0.2) is 4.39 Å². The van der Waals surface area contributed by atoms with Gasteiger partial charge in [0.1, 0.15) is 5.82 Å². The third-order valence-corrected chi connectivity index (χ3v) is 3.53. The Hall–Kier alpha value is -1.32. The molecule has 0 amide bonds. The third-order valence-electron chi connectivity index (χ3n) is 2.71. The summed E-state index contributed by atoms with van der Waals surface area (Å²) in [6, 6.07) is 14.1. The van der Waals surface area contributed by atoms with Gasteiger partial charge in [0.25, 0.3) is 0 Å². The molecule has 0 fully saturated rings. The van der Waals surface area contributed by atoms with Gasteiger partial charge in [0, 0.05) is 10.5 Å². The van der Waals surface area contributed by atoms with Crippen molar-refractivity contribution in [3.8, 4) is 0 Å². The summed E-state index contributed by atoms with van der Waals surface area (Å²) in [7, 11) is 0. The van der Waals surface area contributed by atoms with Gasteiger partial charge in [-0.1, -0.05) is 36.4 Å². The fraction of sp³-hybridized carbons (Fsp3) is 0.143. The van der Waals surface area contributed by atoms with Crippen molar-refractivity contribution in [2.24, 2.45) is 5.73 Å². The molecule has 17 heavy (non-hydrogen) atoms. The van der Waals surface area contributed by atoms with E-state index in [1.54, 1.807) is 30.0 Å². The van der Waals surface area contributed by atoms with Crippen LogP contribution in [0.2, 0.25) is 0 Å². The molecule has 0 aliphatic carbocycles. The molecule has 2 rings (SSSR count). The molecule has 0 saturated carbocycles. The van der Waals surface area contributed by atoms with Crippen LogP contribution in [0.15, 0.2) is 53.4 Å². The average Bonchev–Trinajstić information content (AvgIpc) is 2.38. The van der Waals surface area contributed by atoms with Crippen LogP contribution in [-0.4, -0.2) is 6.26 Å². The Morgan fingerprint density at radius 3 is 2.24 bits per heavy atom. The van der Waals surface area contributed by atoms with E-state index in [9.17, 15) is 4.39 Å². The maximum atomic E-state index is 13.7. The van der Waals surface area contributed by atoms with Gasteiger partial charge in [-0.2, -0.15) is 0 Å². The standard InChI is InChI=1S/C14H14FNS/c1-17-13-9-5-3-7-11(13)14(16)10-6-2-4-8-12(10)15/h2-9,14H,16H2,1H3. The van der Waals surface area contributed by atoms with Crippen molar-refractivity contribution in [1.29, 1.82) is 0 Å². The molecular weight excluding hydrogens is 233 g/mol. The largest absolute Gasteiger partial charge is 0.320 e. The van der Waals surface area contributed by atoms with Gasteiger partial charge in [0.15, 0.2) is 0 Å². The van der Waals surface area contributed by atoms with Crippen LogP contribution in [0.4, 0.5) is 4.39 Å². The molecule has 0 aliphatic heterocycles. The average molecular weight is 247 g/mol. The molecule has 1 nitrogen and oxygen atoms in total. The third kappa shape index (κ3) is 2.51. The van der Waals surface area contributed by atoms with Crippen molar-refractivity contribution >= 4 is 11.8 Å². The first-order valence-electron chi connectivity index (χ1n) is 5.37. The van der Waals surface area contributed by atoms with Crippen LogP contribution >= 0.6 is 11.8 Å². The normalized spacial score (nSPS) is 12.4. The van der Waals surface area contributed by atoms with Crippen LogP contribution < -0.4 is 5.73 Å². The number of thioether (sulfide) groups is 1. The smallest absolute Gasteiger partial charge is 0.128 e. The molecule has 1 atom stereocenters. The Bertz CT molecular complexity index is 513. The highest BCUT2D eigenvalue weighted by Crippen LogP contribution is 2.29. The zero-order valence-corrected chi connectivity index (χ0v) is 10.4. The van der Waals surface area contributed by atoms with E-state index in [1.807, 2.05) is 30.5 Å². The zero-order valence-electron chi connectivity index (χ0n) is 9.56. The van der Waals surface area contributed by atoms with E-state index in [0.29, 0.717) is 5.56 Å². The van der Waals surface area contributed by atoms with Gasteiger partial charge < -0.3 is 5.73 Å². The Morgan fingerprint density at radius 1 is 1.00 bits per heavy atom. The van der Waals surface area contributed by atoms with Crippen LogP contribution in [0.5, 0.6) is 0 Å². The Morgan fingerprint density at radius 2 is 1.59 bits per heavy atom. The monoisotopic (exact) mass is 247 g/mol. The molecule has 2 N–H and O–H groups in total. The van der Waals surface area contributed by atoms with Gasteiger partial charge >= 0.3 is 0 Å². The van der Waals surface area contributed by atoms with Crippen molar-refractivity contribution < 1.29 is 4.39 Å². The molecule has 0 spiro atoms. The van der Waals surface area contributed by atoms with Gasteiger partial charge in [-0.15, -0.1) is 11.8 Å². The lowest BCUT2D eigenvalue weighted by molar-refractivity contribution is 0.598. The van der Waals surface area contributed by atoms with Gasteiger partial charge in [0.2, 0.25) is 0 Å². The van der Waals surface area contributed by atoms with E-state index in [4.69, 9.17) is 5.73 Å².